The number of rotatable bonds is 8. The first-order chi connectivity index (χ1) is 9.90. The van der Waals surface area contributed by atoms with Crippen LogP contribution < -0.4 is 15.4 Å². The number of nitrogens with one attached hydrogen (secondary N) is 2. The van der Waals surface area contributed by atoms with Crippen LogP contribution in [0.2, 0.25) is 5.02 Å². The molecule has 4 nitrogen and oxygen atoms in total. The quantitative estimate of drug-likeness (QED) is 0.775. The van der Waals surface area contributed by atoms with Crippen LogP contribution in [-0.4, -0.2) is 24.6 Å². The summed E-state index contributed by atoms with van der Waals surface area (Å²) in [6, 6.07) is 6.20. The molecular formula is C16H25ClN2O2. The van der Waals surface area contributed by atoms with E-state index in [0.29, 0.717) is 36.4 Å². The lowest BCUT2D eigenvalue weighted by molar-refractivity contribution is -0.122. The molecule has 0 atom stereocenters. The minimum Gasteiger partial charge on any atom is -0.491 e. The van der Waals surface area contributed by atoms with Crippen molar-refractivity contribution in [1.82, 2.24) is 10.6 Å². The van der Waals surface area contributed by atoms with Crippen LogP contribution in [0, 0.1) is 0 Å². The summed E-state index contributed by atoms with van der Waals surface area (Å²) in [6.07, 6.45) is 0.320. The molecule has 0 aliphatic carbocycles. The molecule has 0 aliphatic heterocycles. The summed E-state index contributed by atoms with van der Waals surface area (Å²) < 4.78 is 5.72. The summed E-state index contributed by atoms with van der Waals surface area (Å²) in [5.74, 6) is 0.642. The molecule has 0 saturated carbocycles. The van der Waals surface area contributed by atoms with Crippen molar-refractivity contribution in [3.8, 4) is 5.75 Å². The Hall–Kier alpha value is -1.26. The number of hydrogen-bond donors (Lipinski definition) is 2. The van der Waals surface area contributed by atoms with Crippen LogP contribution in [0.1, 0.15) is 39.7 Å². The van der Waals surface area contributed by atoms with Crippen molar-refractivity contribution < 1.29 is 9.53 Å². The Morgan fingerprint density at radius 1 is 1.24 bits per heavy atom. The second kappa shape index (κ2) is 8.90. The lowest BCUT2D eigenvalue weighted by Gasteiger charge is -2.15. The average molecular weight is 313 g/mol. The van der Waals surface area contributed by atoms with Crippen LogP contribution in [0.15, 0.2) is 18.2 Å². The van der Waals surface area contributed by atoms with Crippen molar-refractivity contribution >= 4 is 17.5 Å². The van der Waals surface area contributed by atoms with Crippen LogP contribution >= 0.6 is 11.6 Å². The molecule has 118 valence electrons. The number of benzene rings is 1. The SMILES string of the molecule is CC(C)NCc1cccc(Cl)c1OCCC(=O)NC(C)C. The maximum atomic E-state index is 11.6. The van der Waals surface area contributed by atoms with Crippen molar-refractivity contribution in [3.63, 3.8) is 0 Å². The normalized spacial score (nSPS) is 11.0. The third kappa shape index (κ3) is 6.82. The van der Waals surface area contributed by atoms with Gasteiger partial charge in [-0.2, -0.15) is 0 Å². The van der Waals surface area contributed by atoms with Gasteiger partial charge in [-0.25, -0.2) is 0 Å². The number of para-hydroxylation sites is 1. The highest BCUT2D eigenvalue weighted by Gasteiger charge is 2.10. The van der Waals surface area contributed by atoms with Gasteiger partial charge in [0.05, 0.1) is 18.1 Å². The van der Waals surface area contributed by atoms with E-state index >= 15 is 0 Å². The maximum Gasteiger partial charge on any atom is 0.223 e. The third-order valence-corrected chi connectivity index (χ3v) is 3.07. The molecule has 0 spiro atoms. The van der Waals surface area contributed by atoms with E-state index in [4.69, 9.17) is 16.3 Å². The van der Waals surface area contributed by atoms with Crippen LogP contribution in [0.4, 0.5) is 0 Å². The zero-order valence-corrected chi connectivity index (χ0v) is 14.0. The van der Waals surface area contributed by atoms with E-state index in [0.717, 1.165) is 5.56 Å². The number of ether oxygens (including phenoxy) is 1. The summed E-state index contributed by atoms with van der Waals surface area (Å²) in [4.78, 5) is 11.6. The summed E-state index contributed by atoms with van der Waals surface area (Å²) in [6.45, 7) is 9.04. The zero-order chi connectivity index (χ0) is 15.8. The minimum atomic E-state index is -0.0149. The Bertz CT molecular complexity index is 462. The first-order valence-corrected chi connectivity index (χ1v) is 7.71. The molecule has 0 unspecified atom stereocenters. The smallest absolute Gasteiger partial charge is 0.223 e. The van der Waals surface area contributed by atoms with E-state index in [-0.39, 0.29) is 11.9 Å². The minimum absolute atomic E-state index is 0.0149. The van der Waals surface area contributed by atoms with Gasteiger partial charge in [-0.05, 0) is 19.9 Å². The Labute approximate surface area is 132 Å². The van der Waals surface area contributed by atoms with Crippen molar-refractivity contribution in [3.05, 3.63) is 28.8 Å². The lowest BCUT2D eigenvalue weighted by Crippen LogP contribution is -2.31. The standard InChI is InChI=1S/C16H25ClN2O2/c1-11(2)18-10-13-6-5-7-14(17)16(13)21-9-8-15(20)19-12(3)4/h5-7,11-12,18H,8-10H2,1-4H3,(H,19,20). The maximum absolute atomic E-state index is 11.6. The van der Waals surface area contributed by atoms with E-state index in [1.54, 1.807) is 6.07 Å². The molecule has 5 heteroatoms. The molecule has 21 heavy (non-hydrogen) atoms. The molecule has 0 fully saturated rings. The van der Waals surface area contributed by atoms with Gasteiger partial charge in [-0.15, -0.1) is 0 Å². The summed E-state index contributed by atoms with van der Waals surface area (Å²) >= 11 is 6.19. The summed E-state index contributed by atoms with van der Waals surface area (Å²) in [5, 5.41) is 6.74. The third-order valence-electron chi connectivity index (χ3n) is 2.77. The fraction of sp³-hybridized carbons (Fsp3) is 0.562. The molecule has 0 bridgehead atoms. The van der Waals surface area contributed by atoms with Crippen molar-refractivity contribution in [2.75, 3.05) is 6.61 Å². The topological polar surface area (TPSA) is 50.4 Å². The second-order valence-corrected chi connectivity index (χ2v) is 5.99. The first-order valence-electron chi connectivity index (χ1n) is 7.33. The Morgan fingerprint density at radius 2 is 1.95 bits per heavy atom. The van der Waals surface area contributed by atoms with Gasteiger partial charge in [0.1, 0.15) is 5.75 Å². The highest BCUT2D eigenvalue weighted by molar-refractivity contribution is 6.32. The molecule has 2 N–H and O–H groups in total. The summed E-state index contributed by atoms with van der Waals surface area (Å²) in [5.41, 5.74) is 1.00. The summed E-state index contributed by atoms with van der Waals surface area (Å²) in [7, 11) is 0. The predicted molar refractivity (Wildman–Crippen MR) is 86.8 cm³/mol. The van der Waals surface area contributed by atoms with Gasteiger partial charge in [-0.3, -0.25) is 4.79 Å². The number of hydrogen-bond acceptors (Lipinski definition) is 3. The Morgan fingerprint density at radius 3 is 2.57 bits per heavy atom. The van der Waals surface area contributed by atoms with Gasteiger partial charge in [0.2, 0.25) is 5.91 Å². The van der Waals surface area contributed by atoms with Gasteiger partial charge in [0.25, 0.3) is 0 Å². The Kier molecular flexibility index (Phi) is 7.54. The largest absolute Gasteiger partial charge is 0.491 e. The lowest BCUT2D eigenvalue weighted by atomic mass is 10.2. The number of amides is 1. The molecule has 0 radical (unpaired) electrons. The highest BCUT2D eigenvalue weighted by Crippen LogP contribution is 2.28. The van der Waals surface area contributed by atoms with Gasteiger partial charge in [0.15, 0.2) is 0 Å². The molecule has 0 saturated heterocycles. The fourth-order valence-electron chi connectivity index (χ4n) is 1.81. The molecule has 1 rings (SSSR count). The van der Waals surface area contributed by atoms with E-state index in [1.165, 1.54) is 0 Å². The zero-order valence-electron chi connectivity index (χ0n) is 13.2. The van der Waals surface area contributed by atoms with Crippen LogP contribution in [0.25, 0.3) is 0 Å². The molecule has 0 heterocycles. The molecule has 1 aromatic rings. The first kappa shape index (κ1) is 17.8. The molecule has 1 amide bonds. The van der Waals surface area contributed by atoms with Gasteiger partial charge >= 0.3 is 0 Å². The van der Waals surface area contributed by atoms with Crippen molar-refractivity contribution in [2.45, 2.75) is 52.7 Å². The second-order valence-electron chi connectivity index (χ2n) is 5.58. The van der Waals surface area contributed by atoms with Crippen molar-refractivity contribution in [1.29, 1.82) is 0 Å². The van der Waals surface area contributed by atoms with E-state index in [9.17, 15) is 4.79 Å². The highest BCUT2D eigenvalue weighted by atomic mass is 35.5. The van der Waals surface area contributed by atoms with Crippen LogP contribution in [0.3, 0.4) is 0 Å². The Balaban J connectivity index is 2.58. The average Bonchev–Trinajstić information content (AvgIpc) is 2.37. The molecular weight excluding hydrogens is 288 g/mol. The van der Waals surface area contributed by atoms with Crippen LogP contribution in [-0.2, 0) is 11.3 Å². The number of carbonyl (C=O) groups is 1. The monoisotopic (exact) mass is 312 g/mol. The number of carbonyl (C=O) groups excluding carboxylic acids is 1. The van der Waals surface area contributed by atoms with Gasteiger partial charge in [0, 0.05) is 24.2 Å². The number of halogens is 1. The fourth-order valence-corrected chi connectivity index (χ4v) is 2.06. The van der Waals surface area contributed by atoms with E-state index in [2.05, 4.69) is 24.5 Å². The molecule has 1 aromatic carbocycles. The van der Waals surface area contributed by atoms with E-state index < -0.39 is 0 Å². The predicted octanol–water partition coefficient (Wildman–Crippen LogP) is 3.13. The molecule has 0 aliphatic rings. The van der Waals surface area contributed by atoms with Gasteiger partial charge < -0.3 is 15.4 Å². The van der Waals surface area contributed by atoms with E-state index in [1.807, 2.05) is 26.0 Å². The van der Waals surface area contributed by atoms with Crippen molar-refractivity contribution in [2.24, 2.45) is 0 Å². The molecule has 0 aromatic heterocycles. The van der Waals surface area contributed by atoms with Crippen LogP contribution in [0.5, 0.6) is 5.75 Å². The van der Waals surface area contributed by atoms with Gasteiger partial charge in [-0.1, -0.05) is 37.6 Å².